The number of rotatable bonds is 7. The Morgan fingerprint density at radius 3 is 2.24 bits per heavy atom. The van der Waals surface area contributed by atoms with E-state index in [0.29, 0.717) is 29.8 Å². The van der Waals surface area contributed by atoms with Crippen molar-refractivity contribution < 1.29 is 4.79 Å². The molecule has 21 heavy (non-hydrogen) atoms. The van der Waals surface area contributed by atoms with Crippen LogP contribution in [0.3, 0.4) is 0 Å². The van der Waals surface area contributed by atoms with Gasteiger partial charge in [0.1, 0.15) is 0 Å². The van der Waals surface area contributed by atoms with Crippen LogP contribution in [0.2, 0.25) is 0 Å². The number of hydrogen-bond donors (Lipinski definition) is 2. The molecule has 4 heteroatoms. The lowest BCUT2D eigenvalue weighted by Gasteiger charge is -2.25. The average molecular weight is 291 g/mol. The van der Waals surface area contributed by atoms with Crippen molar-refractivity contribution in [3.8, 4) is 0 Å². The molecule has 0 radical (unpaired) electrons. The van der Waals surface area contributed by atoms with Crippen LogP contribution in [0.25, 0.3) is 0 Å². The lowest BCUT2D eigenvalue weighted by atomic mass is 10.1. The molecule has 1 aromatic carbocycles. The number of benzene rings is 1. The van der Waals surface area contributed by atoms with Crippen LogP contribution in [-0.4, -0.2) is 30.4 Å². The number of nitrogens with two attached hydrogens (primary N) is 1. The summed E-state index contributed by atoms with van der Waals surface area (Å²) in [5.41, 5.74) is 8.33. The van der Waals surface area contributed by atoms with Gasteiger partial charge in [0.15, 0.2) is 0 Å². The molecule has 0 saturated carbocycles. The van der Waals surface area contributed by atoms with E-state index >= 15 is 0 Å². The second kappa shape index (κ2) is 8.03. The molecule has 0 aliphatic rings. The minimum Gasteiger partial charge on any atom is -0.397 e. The van der Waals surface area contributed by atoms with Crippen LogP contribution in [0, 0.1) is 18.8 Å². The molecule has 0 heterocycles. The zero-order valence-corrected chi connectivity index (χ0v) is 13.9. The summed E-state index contributed by atoms with van der Waals surface area (Å²) in [6.45, 7) is 12.9. The quantitative estimate of drug-likeness (QED) is 0.759. The Balaban J connectivity index is 2.64. The fourth-order valence-electron chi connectivity index (χ4n) is 2.43. The third-order valence-electron chi connectivity index (χ3n) is 3.10. The number of nitrogen functional groups attached to an aromatic ring is 1. The molecule has 0 aliphatic heterocycles. The molecular weight excluding hydrogens is 262 g/mol. The molecule has 0 fully saturated rings. The second-order valence-electron chi connectivity index (χ2n) is 6.62. The molecule has 1 rings (SSSR count). The van der Waals surface area contributed by atoms with Gasteiger partial charge in [-0.25, -0.2) is 0 Å². The Hall–Kier alpha value is -1.55. The smallest absolute Gasteiger partial charge is 0.238 e. The first-order chi connectivity index (χ1) is 9.77. The van der Waals surface area contributed by atoms with Crippen LogP contribution >= 0.6 is 0 Å². The Kier molecular flexibility index (Phi) is 6.69. The van der Waals surface area contributed by atoms with Gasteiger partial charge in [-0.2, -0.15) is 0 Å². The van der Waals surface area contributed by atoms with E-state index in [1.165, 1.54) is 0 Å². The highest BCUT2D eigenvalue weighted by Crippen LogP contribution is 2.19. The largest absolute Gasteiger partial charge is 0.397 e. The molecule has 4 nitrogen and oxygen atoms in total. The zero-order valence-electron chi connectivity index (χ0n) is 13.9. The molecule has 0 saturated heterocycles. The lowest BCUT2D eigenvalue weighted by Crippen LogP contribution is -2.38. The maximum Gasteiger partial charge on any atom is 0.238 e. The van der Waals surface area contributed by atoms with Crippen LogP contribution in [0.4, 0.5) is 11.4 Å². The summed E-state index contributed by atoms with van der Waals surface area (Å²) in [5, 5.41) is 2.91. The van der Waals surface area contributed by atoms with Crippen molar-refractivity contribution in [1.29, 1.82) is 0 Å². The van der Waals surface area contributed by atoms with Crippen molar-refractivity contribution in [2.75, 3.05) is 30.7 Å². The summed E-state index contributed by atoms with van der Waals surface area (Å²) in [5.74, 6) is 1.08. The van der Waals surface area contributed by atoms with Crippen LogP contribution < -0.4 is 11.1 Å². The summed E-state index contributed by atoms with van der Waals surface area (Å²) in [6.07, 6.45) is 0. The highest BCUT2D eigenvalue weighted by atomic mass is 16.2. The van der Waals surface area contributed by atoms with Gasteiger partial charge in [0, 0.05) is 13.1 Å². The molecule has 0 aliphatic carbocycles. The van der Waals surface area contributed by atoms with E-state index < -0.39 is 0 Å². The molecule has 1 amide bonds. The Morgan fingerprint density at radius 1 is 1.19 bits per heavy atom. The van der Waals surface area contributed by atoms with Gasteiger partial charge in [0.05, 0.1) is 17.9 Å². The van der Waals surface area contributed by atoms with E-state index in [1.807, 2.05) is 25.1 Å². The number of anilines is 2. The van der Waals surface area contributed by atoms with Gasteiger partial charge < -0.3 is 11.1 Å². The Morgan fingerprint density at radius 2 is 1.76 bits per heavy atom. The SMILES string of the molecule is Cc1ccc(NC(=O)CN(CC(C)C)CC(C)C)c(N)c1. The van der Waals surface area contributed by atoms with Crippen molar-refractivity contribution in [2.45, 2.75) is 34.6 Å². The third kappa shape index (κ3) is 6.63. The van der Waals surface area contributed by atoms with Gasteiger partial charge in [0.2, 0.25) is 5.91 Å². The van der Waals surface area contributed by atoms with Crippen LogP contribution in [0.1, 0.15) is 33.3 Å². The Labute approximate surface area is 128 Å². The van der Waals surface area contributed by atoms with E-state index in [0.717, 1.165) is 18.7 Å². The molecule has 118 valence electrons. The predicted octanol–water partition coefficient (Wildman–Crippen LogP) is 3.13. The molecule has 0 bridgehead atoms. The van der Waals surface area contributed by atoms with Gasteiger partial charge in [0.25, 0.3) is 0 Å². The van der Waals surface area contributed by atoms with Crippen molar-refractivity contribution in [2.24, 2.45) is 11.8 Å². The van der Waals surface area contributed by atoms with Gasteiger partial charge in [-0.15, -0.1) is 0 Å². The van der Waals surface area contributed by atoms with E-state index in [9.17, 15) is 4.79 Å². The maximum absolute atomic E-state index is 12.2. The van der Waals surface area contributed by atoms with Crippen LogP contribution in [0.15, 0.2) is 18.2 Å². The summed E-state index contributed by atoms with van der Waals surface area (Å²) < 4.78 is 0. The van der Waals surface area contributed by atoms with Gasteiger partial charge >= 0.3 is 0 Å². The Bertz CT molecular complexity index is 459. The van der Waals surface area contributed by atoms with Gasteiger partial charge in [-0.1, -0.05) is 33.8 Å². The van der Waals surface area contributed by atoms with Crippen molar-refractivity contribution >= 4 is 17.3 Å². The first kappa shape index (κ1) is 17.5. The van der Waals surface area contributed by atoms with Crippen molar-refractivity contribution in [3.63, 3.8) is 0 Å². The second-order valence-corrected chi connectivity index (χ2v) is 6.62. The number of carbonyl (C=O) groups is 1. The van der Waals surface area contributed by atoms with E-state index in [2.05, 4.69) is 37.9 Å². The van der Waals surface area contributed by atoms with Crippen LogP contribution in [0.5, 0.6) is 0 Å². The number of nitrogens with zero attached hydrogens (tertiary/aromatic N) is 1. The maximum atomic E-state index is 12.2. The molecule has 1 aromatic rings. The third-order valence-corrected chi connectivity index (χ3v) is 3.10. The number of nitrogens with one attached hydrogen (secondary N) is 1. The topological polar surface area (TPSA) is 58.4 Å². The number of aryl methyl sites for hydroxylation is 1. The number of amides is 1. The number of carbonyl (C=O) groups excluding carboxylic acids is 1. The average Bonchev–Trinajstić information content (AvgIpc) is 2.30. The molecule has 0 aromatic heterocycles. The standard InChI is InChI=1S/C17H29N3O/c1-12(2)9-20(10-13(3)4)11-17(21)19-16-7-6-14(5)8-15(16)18/h6-8,12-13H,9-11,18H2,1-5H3,(H,19,21). The van der Waals surface area contributed by atoms with E-state index in [-0.39, 0.29) is 5.91 Å². The van der Waals surface area contributed by atoms with Gasteiger partial charge in [-0.05, 0) is 36.5 Å². The fraction of sp³-hybridized carbons (Fsp3) is 0.588. The molecule has 0 unspecified atom stereocenters. The first-order valence-electron chi connectivity index (χ1n) is 7.66. The van der Waals surface area contributed by atoms with E-state index in [4.69, 9.17) is 5.73 Å². The van der Waals surface area contributed by atoms with Crippen molar-refractivity contribution in [3.05, 3.63) is 23.8 Å². The van der Waals surface area contributed by atoms with Crippen molar-refractivity contribution in [1.82, 2.24) is 4.90 Å². The summed E-state index contributed by atoms with van der Waals surface area (Å²) >= 11 is 0. The van der Waals surface area contributed by atoms with E-state index in [1.54, 1.807) is 0 Å². The fourth-order valence-corrected chi connectivity index (χ4v) is 2.43. The first-order valence-corrected chi connectivity index (χ1v) is 7.66. The molecule has 0 atom stereocenters. The summed E-state index contributed by atoms with van der Waals surface area (Å²) in [6, 6.07) is 5.68. The highest BCUT2D eigenvalue weighted by Gasteiger charge is 2.14. The van der Waals surface area contributed by atoms with Gasteiger partial charge in [-0.3, -0.25) is 9.69 Å². The molecule has 0 spiro atoms. The van der Waals surface area contributed by atoms with Crippen LogP contribution in [-0.2, 0) is 4.79 Å². The normalized spacial score (nSPS) is 11.4. The summed E-state index contributed by atoms with van der Waals surface area (Å²) in [7, 11) is 0. The lowest BCUT2D eigenvalue weighted by molar-refractivity contribution is -0.117. The predicted molar refractivity (Wildman–Crippen MR) is 90.3 cm³/mol. The minimum absolute atomic E-state index is 0.00754. The highest BCUT2D eigenvalue weighted by molar-refractivity contribution is 5.95. The number of hydrogen-bond acceptors (Lipinski definition) is 3. The minimum atomic E-state index is -0.00754. The summed E-state index contributed by atoms with van der Waals surface area (Å²) in [4.78, 5) is 14.4. The molecular formula is C17H29N3O. The monoisotopic (exact) mass is 291 g/mol. The molecule has 3 N–H and O–H groups in total. The zero-order chi connectivity index (χ0) is 16.0.